The Morgan fingerprint density at radius 3 is 2.52 bits per heavy atom. The summed E-state index contributed by atoms with van der Waals surface area (Å²) in [7, 11) is 0. The molecule has 0 radical (unpaired) electrons. The maximum Gasteiger partial charge on any atom is 0.274 e. The molecule has 0 fully saturated rings. The van der Waals surface area contributed by atoms with E-state index in [9.17, 15) is 4.79 Å². The molecule has 1 amide bonds. The van der Waals surface area contributed by atoms with Crippen LogP contribution in [0.25, 0.3) is 11.3 Å². The lowest BCUT2D eigenvalue weighted by atomic mass is 10.1. The first-order valence-electron chi connectivity index (χ1n) is 6.24. The van der Waals surface area contributed by atoms with Crippen LogP contribution in [0.3, 0.4) is 0 Å². The third kappa shape index (κ3) is 3.17. The number of halogens is 1. The van der Waals surface area contributed by atoms with Gasteiger partial charge in [-0.1, -0.05) is 12.1 Å². The van der Waals surface area contributed by atoms with Crippen LogP contribution >= 0.6 is 15.9 Å². The summed E-state index contributed by atoms with van der Waals surface area (Å²) in [4.78, 5) is 23.1. The zero-order valence-corrected chi connectivity index (χ0v) is 12.5. The number of nitrogens with zero attached hydrogens (tertiary/aromatic N) is 2. The smallest absolute Gasteiger partial charge is 0.274 e. The van der Waals surface area contributed by atoms with Crippen molar-refractivity contribution >= 4 is 27.5 Å². The Morgan fingerprint density at radius 1 is 1.10 bits per heavy atom. The van der Waals surface area contributed by atoms with Gasteiger partial charge in [0.1, 0.15) is 5.69 Å². The predicted molar refractivity (Wildman–Crippen MR) is 83.9 cm³/mol. The van der Waals surface area contributed by atoms with E-state index in [0.29, 0.717) is 11.4 Å². The highest BCUT2D eigenvalue weighted by atomic mass is 79.9. The predicted octanol–water partition coefficient (Wildman–Crippen LogP) is 3.49. The molecular weight excluding hydrogens is 332 g/mol. The molecule has 0 aliphatic heterocycles. The quantitative estimate of drug-likeness (QED) is 0.765. The van der Waals surface area contributed by atoms with Crippen LogP contribution in [0.1, 0.15) is 10.5 Å². The van der Waals surface area contributed by atoms with E-state index in [2.05, 4.69) is 36.2 Å². The average molecular weight is 343 g/mol. The van der Waals surface area contributed by atoms with Crippen LogP contribution in [0.15, 0.2) is 59.6 Å². The van der Waals surface area contributed by atoms with Crippen molar-refractivity contribution in [3.05, 3.63) is 65.3 Å². The van der Waals surface area contributed by atoms with Gasteiger partial charge >= 0.3 is 0 Å². The van der Waals surface area contributed by atoms with E-state index < -0.39 is 0 Å². The van der Waals surface area contributed by atoms with Crippen LogP contribution in [0.5, 0.6) is 0 Å². The summed E-state index contributed by atoms with van der Waals surface area (Å²) in [6.45, 7) is 0. The topological polar surface area (TPSA) is 70.7 Å². The number of nitrogens with one attached hydrogen (secondary N) is 2. The second-order valence-electron chi connectivity index (χ2n) is 4.36. The van der Waals surface area contributed by atoms with Gasteiger partial charge in [0.25, 0.3) is 5.91 Å². The largest absolute Gasteiger partial charge is 0.345 e. The fourth-order valence-corrected chi connectivity index (χ4v) is 2.09. The lowest BCUT2D eigenvalue weighted by molar-refractivity contribution is 0.102. The highest BCUT2D eigenvalue weighted by molar-refractivity contribution is 9.10. The summed E-state index contributed by atoms with van der Waals surface area (Å²) in [6, 6.07) is 11.0. The molecule has 0 aliphatic carbocycles. The number of hydrogen-bond acceptors (Lipinski definition) is 3. The van der Waals surface area contributed by atoms with Crippen LogP contribution in [0.4, 0.5) is 5.69 Å². The van der Waals surface area contributed by atoms with Gasteiger partial charge in [-0.05, 0) is 45.8 Å². The molecule has 0 atom stereocenters. The van der Waals surface area contributed by atoms with Crippen molar-refractivity contribution in [1.82, 2.24) is 15.0 Å². The van der Waals surface area contributed by atoms with E-state index in [4.69, 9.17) is 0 Å². The van der Waals surface area contributed by atoms with Crippen molar-refractivity contribution in [3.8, 4) is 11.3 Å². The van der Waals surface area contributed by atoms with Gasteiger partial charge in [0.05, 0.1) is 18.2 Å². The third-order valence-electron chi connectivity index (χ3n) is 2.91. The van der Waals surface area contributed by atoms with Crippen molar-refractivity contribution in [1.29, 1.82) is 0 Å². The molecule has 0 bridgehead atoms. The molecule has 0 aliphatic rings. The SMILES string of the molecule is O=C(Nc1ccc(-c2cnc[nH]2)cc1)c1ccc(Br)cn1. The average Bonchev–Trinajstić information content (AvgIpc) is 3.03. The lowest BCUT2D eigenvalue weighted by Crippen LogP contribution is -2.13. The highest BCUT2D eigenvalue weighted by Crippen LogP contribution is 2.19. The summed E-state index contributed by atoms with van der Waals surface area (Å²) in [6.07, 6.45) is 4.97. The number of pyridine rings is 1. The van der Waals surface area contributed by atoms with Crippen molar-refractivity contribution in [2.24, 2.45) is 0 Å². The summed E-state index contributed by atoms with van der Waals surface area (Å²) in [5.41, 5.74) is 3.03. The van der Waals surface area contributed by atoms with Gasteiger partial charge < -0.3 is 10.3 Å². The number of amides is 1. The van der Waals surface area contributed by atoms with E-state index >= 15 is 0 Å². The number of imidazole rings is 1. The van der Waals surface area contributed by atoms with E-state index in [1.54, 1.807) is 30.9 Å². The number of hydrogen-bond donors (Lipinski definition) is 2. The van der Waals surface area contributed by atoms with Crippen LogP contribution in [0.2, 0.25) is 0 Å². The van der Waals surface area contributed by atoms with Crippen molar-refractivity contribution in [2.75, 3.05) is 5.32 Å². The maximum absolute atomic E-state index is 12.0. The van der Waals surface area contributed by atoms with E-state index in [-0.39, 0.29) is 5.91 Å². The molecule has 2 heterocycles. The Hall–Kier alpha value is -2.47. The zero-order valence-electron chi connectivity index (χ0n) is 10.9. The molecule has 104 valence electrons. The monoisotopic (exact) mass is 342 g/mol. The minimum absolute atomic E-state index is 0.239. The number of benzene rings is 1. The molecule has 0 spiro atoms. The molecule has 0 saturated heterocycles. The number of aromatic amines is 1. The van der Waals surface area contributed by atoms with Crippen LogP contribution in [-0.2, 0) is 0 Å². The maximum atomic E-state index is 12.0. The van der Waals surface area contributed by atoms with Crippen molar-refractivity contribution < 1.29 is 4.79 Å². The zero-order chi connectivity index (χ0) is 14.7. The van der Waals surface area contributed by atoms with Crippen molar-refractivity contribution in [2.45, 2.75) is 0 Å². The molecule has 3 rings (SSSR count). The number of carbonyl (C=O) groups is 1. The molecule has 1 aromatic carbocycles. The number of carbonyl (C=O) groups excluding carboxylic acids is 1. The highest BCUT2D eigenvalue weighted by Gasteiger charge is 2.07. The van der Waals surface area contributed by atoms with Gasteiger partial charge in [-0.2, -0.15) is 0 Å². The van der Waals surface area contributed by atoms with Crippen LogP contribution < -0.4 is 5.32 Å². The van der Waals surface area contributed by atoms with Crippen LogP contribution in [-0.4, -0.2) is 20.9 Å². The second-order valence-corrected chi connectivity index (χ2v) is 5.27. The van der Waals surface area contributed by atoms with E-state index in [0.717, 1.165) is 15.7 Å². The number of anilines is 1. The normalized spacial score (nSPS) is 10.3. The summed E-state index contributed by atoms with van der Waals surface area (Å²) < 4.78 is 0.836. The summed E-state index contributed by atoms with van der Waals surface area (Å²) in [5.74, 6) is -0.239. The molecule has 21 heavy (non-hydrogen) atoms. The molecular formula is C15H11BrN4O. The van der Waals surface area contributed by atoms with E-state index in [1.165, 1.54) is 0 Å². The standard InChI is InChI=1S/C15H11BrN4O/c16-11-3-6-13(18-7-11)15(21)20-12-4-1-10(2-5-12)14-8-17-9-19-14/h1-9H,(H,17,19)(H,20,21). The first-order chi connectivity index (χ1) is 10.2. The van der Waals surface area contributed by atoms with Gasteiger partial charge in [0, 0.05) is 16.4 Å². The van der Waals surface area contributed by atoms with Gasteiger partial charge in [-0.15, -0.1) is 0 Å². The van der Waals surface area contributed by atoms with Gasteiger partial charge in [0.2, 0.25) is 0 Å². The number of rotatable bonds is 3. The van der Waals surface area contributed by atoms with E-state index in [1.807, 2.05) is 24.3 Å². The fraction of sp³-hybridized carbons (Fsp3) is 0. The Kier molecular flexibility index (Phi) is 3.79. The molecule has 0 unspecified atom stereocenters. The lowest BCUT2D eigenvalue weighted by Gasteiger charge is -2.05. The molecule has 2 N–H and O–H groups in total. The Balaban J connectivity index is 1.73. The minimum atomic E-state index is -0.239. The third-order valence-corrected chi connectivity index (χ3v) is 3.38. The summed E-state index contributed by atoms with van der Waals surface area (Å²) >= 11 is 3.29. The first-order valence-corrected chi connectivity index (χ1v) is 7.03. The van der Waals surface area contributed by atoms with Crippen LogP contribution in [0, 0.1) is 0 Å². The second kappa shape index (κ2) is 5.88. The number of aromatic nitrogens is 3. The van der Waals surface area contributed by atoms with Gasteiger partial charge in [0.15, 0.2) is 0 Å². The first kappa shape index (κ1) is 13.5. The van der Waals surface area contributed by atoms with Gasteiger partial charge in [-0.25, -0.2) is 9.97 Å². The Morgan fingerprint density at radius 2 is 1.90 bits per heavy atom. The summed E-state index contributed by atoms with van der Waals surface area (Å²) in [5, 5.41) is 2.81. The Labute approximate surface area is 129 Å². The number of H-pyrrole nitrogens is 1. The fourth-order valence-electron chi connectivity index (χ4n) is 1.85. The van der Waals surface area contributed by atoms with Crippen molar-refractivity contribution in [3.63, 3.8) is 0 Å². The molecule has 3 aromatic rings. The molecule has 2 aromatic heterocycles. The molecule has 6 heteroatoms. The van der Waals surface area contributed by atoms with Gasteiger partial charge in [-0.3, -0.25) is 4.79 Å². The Bertz CT molecular complexity index is 736. The molecule has 5 nitrogen and oxygen atoms in total. The molecule has 0 saturated carbocycles. The minimum Gasteiger partial charge on any atom is -0.345 e.